The van der Waals surface area contributed by atoms with Crippen LogP contribution < -0.4 is 5.32 Å². The second kappa shape index (κ2) is 8.76. The smallest absolute Gasteiger partial charge is 0.239 e. The Bertz CT molecular complexity index is 920. The molecular weight excluding hydrogens is 371 g/mol. The van der Waals surface area contributed by atoms with E-state index in [1.807, 2.05) is 32.3 Å². The summed E-state index contributed by atoms with van der Waals surface area (Å²) < 4.78 is 20.9. The van der Waals surface area contributed by atoms with Gasteiger partial charge in [0.1, 0.15) is 17.7 Å². The SMILES string of the molecule is Cc1c(C#N)c(NC(=O)CN2C[C@@H](C)O[C@H](C)C2)n(Cc2ccc(F)cc2)c1C. The van der Waals surface area contributed by atoms with E-state index in [9.17, 15) is 14.4 Å². The number of morpholine rings is 1. The molecule has 7 heteroatoms. The van der Waals surface area contributed by atoms with Crippen molar-refractivity contribution in [3.63, 3.8) is 0 Å². The number of carbonyl (C=O) groups is 1. The lowest BCUT2D eigenvalue weighted by atomic mass is 10.2. The summed E-state index contributed by atoms with van der Waals surface area (Å²) in [6.07, 6.45) is 0.154. The van der Waals surface area contributed by atoms with Gasteiger partial charge in [0.05, 0.1) is 24.3 Å². The fourth-order valence-electron chi connectivity index (χ4n) is 3.89. The highest BCUT2D eigenvalue weighted by atomic mass is 19.1. The number of anilines is 1. The average Bonchev–Trinajstić information content (AvgIpc) is 2.86. The lowest BCUT2D eigenvalue weighted by Gasteiger charge is -2.34. The maximum Gasteiger partial charge on any atom is 0.239 e. The van der Waals surface area contributed by atoms with Crippen molar-refractivity contribution in [1.29, 1.82) is 5.26 Å². The Balaban J connectivity index is 1.82. The summed E-state index contributed by atoms with van der Waals surface area (Å²) in [5.41, 5.74) is 3.08. The van der Waals surface area contributed by atoms with Gasteiger partial charge in [0.15, 0.2) is 0 Å². The van der Waals surface area contributed by atoms with Gasteiger partial charge >= 0.3 is 0 Å². The summed E-state index contributed by atoms with van der Waals surface area (Å²) in [6.45, 7) is 9.84. The van der Waals surface area contributed by atoms with Crippen LogP contribution in [-0.2, 0) is 16.1 Å². The largest absolute Gasteiger partial charge is 0.373 e. The molecule has 1 N–H and O–H groups in total. The second-order valence-electron chi connectivity index (χ2n) is 7.76. The predicted octanol–water partition coefficient (Wildman–Crippen LogP) is 3.21. The van der Waals surface area contributed by atoms with Crippen LogP contribution in [0.3, 0.4) is 0 Å². The molecule has 0 aliphatic carbocycles. The van der Waals surface area contributed by atoms with Crippen molar-refractivity contribution in [3.8, 4) is 6.07 Å². The molecule has 29 heavy (non-hydrogen) atoms. The summed E-state index contributed by atoms with van der Waals surface area (Å²) in [7, 11) is 0. The van der Waals surface area contributed by atoms with Crippen molar-refractivity contribution in [1.82, 2.24) is 9.47 Å². The van der Waals surface area contributed by atoms with Crippen LogP contribution in [-0.4, -0.2) is 47.2 Å². The average molecular weight is 398 g/mol. The molecule has 0 unspecified atom stereocenters. The molecule has 2 heterocycles. The van der Waals surface area contributed by atoms with Crippen molar-refractivity contribution < 1.29 is 13.9 Å². The summed E-state index contributed by atoms with van der Waals surface area (Å²) in [6, 6.07) is 8.44. The number of aromatic nitrogens is 1. The minimum Gasteiger partial charge on any atom is -0.373 e. The van der Waals surface area contributed by atoms with Crippen molar-refractivity contribution in [2.75, 3.05) is 25.0 Å². The molecule has 0 bridgehead atoms. The zero-order chi connectivity index (χ0) is 21.1. The lowest BCUT2D eigenvalue weighted by Crippen LogP contribution is -2.48. The molecule has 3 rings (SSSR count). The van der Waals surface area contributed by atoms with Crippen molar-refractivity contribution in [2.45, 2.75) is 46.4 Å². The fraction of sp³-hybridized carbons (Fsp3) is 0.455. The Hall–Kier alpha value is -2.69. The highest BCUT2D eigenvalue weighted by molar-refractivity contribution is 5.93. The van der Waals surface area contributed by atoms with Gasteiger partial charge in [0.25, 0.3) is 0 Å². The number of hydrogen-bond donors (Lipinski definition) is 1. The molecule has 0 radical (unpaired) electrons. The van der Waals surface area contributed by atoms with Gasteiger partial charge in [-0.05, 0) is 51.0 Å². The summed E-state index contributed by atoms with van der Waals surface area (Å²) >= 11 is 0. The number of nitriles is 1. The molecule has 1 fully saturated rings. The minimum absolute atomic E-state index is 0.0769. The monoisotopic (exact) mass is 398 g/mol. The molecule has 1 amide bonds. The first kappa shape index (κ1) is 21.0. The zero-order valence-electron chi connectivity index (χ0n) is 17.3. The number of hydrogen-bond acceptors (Lipinski definition) is 4. The minimum atomic E-state index is -0.297. The first-order valence-corrected chi connectivity index (χ1v) is 9.80. The topological polar surface area (TPSA) is 70.3 Å². The van der Waals surface area contributed by atoms with Crippen molar-refractivity contribution in [2.24, 2.45) is 0 Å². The first-order valence-electron chi connectivity index (χ1n) is 9.80. The maximum absolute atomic E-state index is 13.2. The van der Waals surface area contributed by atoms with Crippen molar-refractivity contribution >= 4 is 11.7 Å². The highest BCUT2D eigenvalue weighted by Gasteiger charge is 2.25. The number of carbonyl (C=O) groups excluding carboxylic acids is 1. The summed E-state index contributed by atoms with van der Waals surface area (Å²) in [5, 5.41) is 12.6. The molecule has 0 saturated carbocycles. The predicted molar refractivity (Wildman–Crippen MR) is 109 cm³/mol. The molecule has 2 aromatic rings. The van der Waals surface area contributed by atoms with Crippen LogP contribution in [0, 0.1) is 31.0 Å². The van der Waals surface area contributed by atoms with Gasteiger partial charge in [-0.3, -0.25) is 9.69 Å². The van der Waals surface area contributed by atoms with E-state index >= 15 is 0 Å². The van der Waals surface area contributed by atoms with Crippen LogP contribution in [0.25, 0.3) is 0 Å². The first-order chi connectivity index (χ1) is 13.8. The molecule has 1 aliphatic heterocycles. The summed E-state index contributed by atoms with van der Waals surface area (Å²) in [5.74, 6) is 0.0289. The van der Waals surface area contributed by atoms with Gasteiger partial charge in [-0.1, -0.05) is 12.1 Å². The van der Waals surface area contributed by atoms with E-state index < -0.39 is 0 Å². The van der Waals surface area contributed by atoms with Crippen molar-refractivity contribution in [3.05, 3.63) is 52.5 Å². The standard InChI is InChI=1S/C22H27FN4O2/c1-14-10-26(11-15(2)29-14)13-21(28)25-22-20(9-24)16(3)17(4)27(22)12-18-5-7-19(23)8-6-18/h5-8,14-15H,10-13H2,1-4H3,(H,25,28)/t14-,15-/m1/s1. The van der Waals surface area contributed by atoms with E-state index in [0.29, 0.717) is 31.0 Å². The van der Waals surface area contributed by atoms with Gasteiger partial charge in [0.2, 0.25) is 5.91 Å². The van der Waals surface area contributed by atoms with Gasteiger partial charge < -0.3 is 14.6 Å². The highest BCUT2D eigenvalue weighted by Crippen LogP contribution is 2.27. The fourth-order valence-corrected chi connectivity index (χ4v) is 3.89. The molecular formula is C22H27FN4O2. The second-order valence-corrected chi connectivity index (χ2v) is 7.76. The molecule has 0 spiro atoms. The van der Waals surface area contributed by atoms with Gasteiger partial charge in [-0.2, -0.15) is 5.26 Å². The zero-order valence-corrected chi connectivity index (χ0v) is 17.3. The van der Waals surface area contributed by atoms with E-state index in [0.717, 1.165) is 16.8 Å². The van der Waals surface area contributed by atoms with Crippen LogP contribution in [0.2, 0.25) is 0 Å². The van der Waals surface area contributed by atoms with Crippen LogP contribution >= 0.6 is 0 Å². The van der Waals surface area contributed by atoms with Crippen LogP contribution in [0.1, 0.15) is 36.2 Å². The molecule has 1 aromatic heterocycles. The van der Waals surface area contributed by atoms with Gasteiger partial charge in [0, 0.05) is 25.3 Å². The van der Waals surface area contributed by atoms with Gasteiger partial charge in [-0.25, -0.2) is 4.39 Å². The van der Waals surface area contributed by atoms with Crippen LogP contribution in [0.5, 0.6) is 0 Å². The molecule has 1 aromatic carbocycles. The molecule has 6 nitrogen and oxygen atoms in total. The molecule has 154 valence electrons. The third-order valence-electron chi connectivity index (χ3n) is 5.32. The maximum atomic E-state index is 13.2. The Labute approximate surface area is 170 Å². The third-order valence-corrected chi connectivity index (χ3v) is 5.32. The summed E-state index contributed by atoms with van der Waals surface area (Å²) in [4.78, 5) is 14.8. The van der Waals surface area contributed by atoms with Crippen LogP contribution in [0.15, 0.2) is 24.3 Å². The Morgan fingerprint density at radius 3 is 2.45 bits per heavy atom. The number of nitrogens with zero attached hydrogens (tertiary/aromatic N) is 3. The third kappa shape index (κ3) is 4.84. The van der Waals surface area contributed by atoms with E-state index in [4.69, 9.17) is 4.74 Å². The number of benzene rings is 1. The number of amides is 1. The van der Waals surface area contributed by atoms with Crippen LogP contribution in [0.4, 0.5) is 10.2 Å². The van der Waals surface area contributed by atoms with E-state index in [1.54, 1.807) is 12.1 Å². The number of nitrogens with one attached hydrogen (secondary N) is 1. The Kier molecular flexibility index (Phi) is 6.36. The number of ether oxygens (including phenoxy) is 1. The number of halogens is 1. The number of rotatable bonds is 5. The lowest BCUT2D eigenvalue weighted by molar-refractivity contribution is -0.121. The quantitative estimate of drug-likeness (QED) is 0.840. The van der Waals surface area contributed by atoms with E-state index in [1.165, 1.54) is 12.1 Å². The molecule has 1 saturated heterocycles. The van der Waals surface area contributed by atoms with Gasteiger partial charge in [-0.15, -0.1) is 0 Å². The molecule has 1 aliphatic rings. The Morgan fingerprint density at radius 1 is 1.24 bits per heavy atom. The van der Waals surface area contributed by atoms with E-state index in [-0.39, 0.29) is 30.5 Å². The molecule has 2 atom stereocenters. The normalized spacial score (nSPS) is 19.7. The Morgan fingerprint density at radius 2 is 1.86 bits per heavy atom. The van der Waals surface area contributed by atoms with E-state index in [2.05, 4.69) is 16.3 Å².